The number of aliphatic imine (C=N–C) groups is 1. The summed E-state index contributed by atoms with van der Waals surface area (Å²) in [6.45, 7) is 6.36. The summed E-state index contributed by atoms with van der Waals surface area (Å²) < 4.78 is 23.1. The van der Waals surface area contributed by atoms with Crippen LogP contribution in [0.1, 0.15) is 23.6 Å². The Balaban J connectivity index is 1.54. The molecule has 6 nitrogen and oxygen atoms in total. The van der Waals surface area contributed by atoms with E-state index >= 15 is 0 Å². The van der Waals surface area contributed by atoms with Crippen LogP contribution in [-0.4, -0.2) is 45.3 Å². The minimum Gasteiger partial charge on any atom is -0.361 e. The van der Waals surface area contributed by atoms with E-state index in [0.717, 1.165) is 37.5 Å². The molecule has 0 bridgehead atoms. The standard InChI is InChI=1S/C23H30N4O2S/c1-4-24-23(25-14-12-18-8-10-20(11-9-18)30(3,28)29)26-15-13-19-16-27-22-17(2)6-5-7-21(19)22/h5-11,16,27H,4,12-15H2,1-3H3,(H2,24,25,26). The Bertz CT molecular complexity index is 1120. The first-order valence-electron chi connectivity index (χ1n) is 10.2. The molecule has 0 atom stereocenters. The Morgan fingerprint density at radius 1 is 1.07 bits per heavy atom. The number of aromatic amines is 1. The van der Waals surface area contributed by atoms with Crippen molar-refractivity contribution in [2.75, 3.05) is 25.9 Å². The number of nitrogens with one attached hydrogen (secondary N) is 3. The average Bonchev–Trinajstić information content (AvgIpc) is 3.12. The van der Waals surface area contributed by atoms with Gasteiger partial charge in [0.05, 0.1) is 4.90 Å². The number of nitrogens with zero attached hydrogens (tertiary/aromatic N) is 1. The van der Waals surface area contributed by atoms with E-state index < -0.39 is 9.84 Å². The number of sulfone groups is 1. The molecule has 2 aromatic carbocycles. The van der Waals surface area contributed by atoms with E-state index in [1.807, 2.05) is 19.1 Å². The molecule has 7 heteroatoms. The highest BCUT2D eigenvalue weighted by Crippen LogP contribution is 2.21. The third-order valence-corrected chi connectivity index (χ3v) is 6.19. The largest absolute Gasteiger partial charge is 0.361 e. The molecule has 1 aromatic heterocycles. The molecule has 0 aliphatic carbocycles. The van der Waals surface area contributed by atoms with Crippen molar-refractivity contribution >= 4 is 26.7 Å². The predicted molar refractivity (Wildman–Crippen MR) is 124 cm³/mol. The van der Waals surface area contributed by atoms with E-state index in [0.29, 0.717) is 11.4 Å². The molecule has 0 spiro atoms. The molecule has 0 saturated heterocycles. The molecule has 0 aliphatic heterocycles. The van der Waals surface area contributed by atoms with Crippen LogP contribution in [0.5, 0.6) is 0 Å². The van der Waals surface area contributed by atoms with Crippen molar-refractivity contribution in [3.05, 3.63) is 65.4 Å². The molecule has 0 aliphatic rings. The van der Waals surface area contributed by atoms with Gasteiger partial charge >= 0.3 is 0 Å². The molecule has 0 amide bonds. The number of benzene rings is 2. The highest BCUT2D eigenvalue weighted by molar-refractivity contribution is 7.90. The smallest absolute Gasteiger partial charge is 0.191 e. The van der Waals surface area contributed by atoms with Gasteiger partial charge in [-0.15, -0.1) is 0 Å². The van der Waals surface area contributed by atoms with Crippen molar-refractivity contribution in [3.8, 4) is 0 Å². The van der Waals surface area contributed by atoms with Crippen LogP contribution in [0.2, 0.25) is 0 Å². The predicted octanol–water partition coefficient (Wildman–Crippen LogP) is 3.22. The highest BCUT2D eigenvalue weighted by atomic mass is 32.2. The van der Waals surface area contributed by atoms with Crippen molar-refractivity contribution in [2.24, 2.45) is 4.99 Å². The second-order valence-electron chi connectivity index (χ2n) is 7.41. The van der Waals surface area contributed by atoms with Crippen LogP contribution in [-0.2, 0) is 22.7 Å². The second-order valence-corrected chi connectivity index (χ2v) is 9.43. The first-order valence-corrected chi connectivity index (χ1v) is 12.1. The lowest BCUT2D eigenvalue weighted by Crippen LogP contribution is -2.38. The van der Waals surface area contributed by atoms with Crippen LogP contribution in [0, 0.1) is 6.92 Å². The van der Waals surface area contributed by atoms with Gasteiger partial charge in [-0.1, -0.05) is 30.3 Å². The Morgan fingerprint density at radius 3 is 2.53 bits per heavy atom. The maximum Gasteiger partial charge on any atom is 0.191 e. The van der Waals surface area contributed by atoms with E-state index in [1.54, 1.807) is 12.1 Å². The quantitative estimate of drug-likeness (QED) is 0.381. The summed E-state index contributed by atoms with van der Waals surface area (Å²) in [4.78, 5) is 8.41. The molecule has 0 fully saturated rings. The van der Waals surface area contributed by atoms with E-state index in [2.05, 4.69) is 46.9 Å². The van der Waals surface area contributed by atoms with E-state index in [1.165, 1.54) is 28.3 Å². The lowest BCUT2D eigenvalue weighted by Gasteiger charge is -2.11. The second kappa shape index (κ2) is 9.80. The van der Waals surface area contributed by atoms with Crippen LogP contribution in [0.3, 0.4) is 0 Å². The number of rotatable bonds is 8. The molecule has 0 saturated carbocycles. The maximum absolute atomic E-state index is 11.6. The van der Waals surface area contributed by atoms with Crippen molar-refractivity contribution in [2.45, 2.75) is 31.6 Å². The molecule has 1 heterocycles. The highest BCUT2D eigenvalue weighted by Gasteiger charge is 2.07. The van der Waals surface area contributed by atoms with Crippen LogP contribution in [0.15, 0.2) is 58.5 Å². The van der Waals surface area contributed by atoms with Crippen molar-refractivity contribution < 1.29 is 8.42 Å². The number of H-pyrrole nitrogens is 1. The molecular weight excluding hydrogens is 396 g/mol. The molecular formula is C23H30N4O2S. The molecule has 30 heavy (non-hydrogen) atoms. The number of hydrogen-bond donors (Lipinski definition) is 3. The third-order valence-electron chi connectivity index (χ3n) is 5.06. The van der Waals surface area contributed by atoms with Gasteiger partial charge in [-0.3, -0.25) is 4.99 Å². The van der Waals surface area contributed by atoms with Gasteiger partial charge in [0.25, 0.3) is 0 Å². The lowest BCUT2D eigenvalue weighted by atomic mass is 10.1. The van der Waals surface area contributed by atoms with Crippen LogP contribution in [0.25, 0.3) is 10.9 Å². The Morgan fingerprint density at radius 2 is 1.83 bits per heavy atom. The maximum atomic E-state index is 11.6. The first kappa shape index (κ1) is 21.9. The fraction of sp³-hybridized carbons (Fsp3) is 0.348. The van der Waals surface area contributed by atoms with Crippen molar-refractivity contribution in [1.29, 1.82) is 0 Å². The number of hydrogen-bond acceptors (Lipinski definition) is 3. The molecule has 3 aromatic rings. The summed E-state index contributed by atoms with van der Waals surface area (Å²) in [6, 6.07) is 13.4. The number of para-hydroxylation sites is 1. The third kappa shape index (κ3) is 5.63. The van der Waals surface area contributed by atoms with Gasteiger partial charge in [0.15, 0.2) is 15.8 Å². The van der Waals surface area contributed by atoms with Crippen LogP contribution >= 0.6 is 0 Å². The normalized spacial score (nSPS) is 12.3. The van der Waals surface area contributed by atoms with Gasteiger partial charge in [0, 0.05) is 43.0 Å². The van der Waals surface area contributed by atoms with Gasteiger partial charge in [0.1, 0.15) is 0 Å². The van der Waals surface area contributed by atoms with Gasteiger partial charge in [0.2, 0.25) is 0 Å². The van der Waals surface area contributed by atoms with E-state index in [4.69, 9.17) is 4.99 Å². The summed E-state index contributed by atoms with van der Waals surface area (Å²) in [7, 11) is -3.15. The van der Waals surface area contributed by atoms with Gasteiger partial charge in [-0.25, -0.2) is 8.42 Å². The Labute approximate surface area is 178 Å². The van der Waals surface area contributed by atoms with Gasteiger partial charge in [-0.05, 0) is 55.5 Å². The molecule has 0 radical (unpaired) electrons. The van der Waals surface area contributed by atoms with Gasteiger partial charge < -0.3 is 15.6 Å². The van der Waals surface area contributed by atoms with Crippen LogP contribution in [0.4, 0.5) is 0 Å². The van der Waals surface area contributed by atoms with Crippen LogP contribution < -0.4 is 10.6 Å². The van der Waals surface area contributed by atoms with Gasteiger partial charge in [-0.2, -0.15) is 0 Å². The van der Waals surface area contributed by atoms with Crippen molar-refractivity contribution in [3.63, 3.8) is 0 Å². The summed E-state index contributed by atoms with van der Waals surface area (Å²) in [5, 5.41) is 7.89. The average molecular weight is 427 g/mol. The molecule has 3 N–H and O–H groups in total. The Hall–Kier alpha value is -2.80. The minimum atomic E-state index is -3.15. The first-order chi connectivity index (χ1) is 14.4. The zero-order chi connectivity index (χ0) is 21.6. The molecule has 160 valence electrons. The zero-order valence-electron chi connectivity index (χ0n) is 17.8. The number of fused-ring (bicyclic) bond motifs is 1. The van der Waals surface area contributed by atoms with E-state index in [9.17, 15) is 8.42 Å². The molecule has 0 unspecified atom stereocenters. The lowest BCUT2D eigenvalue weighted by molar-refractivity contribution is 0.602. The number of guanidine groups is 1. The number of aromatic nitrogens is 1. The van der Waals surface area contributed by atoms with E-state index in [-0.39, 0.29) is 0 Å². The topological polar surface area (TPSA) is 86.3 Å². The monoisotopic (exact) mass is 426 g/mol. The fourth-order valence-corrected chi connectivity index (χ4v) is 4.06. The minimum absolute atomic E-state index is 0.349. The zero-order valence-corrected chi connectivity index (χ0v) is 18.6. The summed E-state index contributed by atoms with van der Waals surface area (Å²) in [5.41, 5.74) is 4.81. The van der Waals surface area contributed by atoms with Crippen molar-refractivity contribution in [1.82, 2.24) is 15.6 Å². The Kier molecular flexibility index (Phi) is 7.15. The SMILES string of the molecule is CCNC(=NCCc1c[nH]c2c(C)cccc12)NCCc1ccc(S(C)(=O)=O)cc1. The summed E-state index contributed by atoms with van der Waals surface area (Å²) >= 11 is 0. The summed E-state index contributed by atoms with van der Waals surface area (Å²) in [6.07, 6.45) is 4.96. The molecule has 3 rings (SSSR count). The number of aryl methyl sites for hydroxylation is 1. The summed E-state index contributed by atoms with van der Waals surface area (Å²) in [5.74, 6) is 0.793. The fourth-order valence-electron chi connectivity index (χ4n) is 3.43.